The maximum absolute atomic E-state index is 12.5. The van der Waals surface area contributed by atoms with E-state index in [0.717, 1.165) is 56.2 Å². The molecule has 0 aromatic heterocycles. The molecule has 0 unspecified atom stereocenters. The lowest BCUT2D eigenvalue weighted by Gasteiger charge is -2.35. The van der Waals surface area contributed by atoms with E-state index in [4.69, 9.17) is 6.42 Å². The zero-order chi connectivity index (χ0) is 16.5. The van der Waals surface area contributed by atoms with Gasteiger partial charge in [0.1, 0.15) is 0 Å². The van der Waals surface area contributed by atoms with Crippen LogP contribution in [0.25, 0.3) is 0 Å². The molecule has 2 heteroatoms. The molecule has 0 aliphatic heterocycles. The molecule has 0 amide bonds. The van der Waals surface area contributed by atoms with Crippen molar-refractivity contribution in [2.24, 2.45) is 0 Å². The van der Waals surface area contributed by atoms with Crippen molar-refractivity contribution in [3.05, 3.63) is 47.7 Å². The highest BCUT2D eigenvalue weighted by Crippen LogP contribution is 2.29. The summed E-state index contributed by atoms with van der Waals surface area (Å²) in [5.74, 6) is 3.02. The molecule has 122 valence electrons. The van der Waals surface area contributed by atoms with Crippen molar-refractivity contribution in [2.75, 3.05) is 0 Å². The number of terminal acetylenes is 1. The number of carbonyl (C=O) groups is 1. The lowest BCUT2D eigenvalue weighted by atomic mass is 9.82. The molecule has 23 heavy (non-hydrogen) atoms. The Morgan fingerprint density at radius 2 is 1.96 bits per heavy atom. The van der Waals surface area contributed by atoms with Gasteiger partial charge in [-0.1, -0.05) is 68.9 Å². The Morgan fingerprint density at radius 3 is 2.57 bits per heavy atom. The van der Waals surface area contributed by atoms with Gasteiger partial charge in [0.15, 0.2) is 5.78 Å². The fourth-order valence-electron chi connectivity index (χ4n) is 3.15. The summed E-state index contributed by atoms with van der Waals surface area (Å²) in [5, 5.41) is 3.56. The highest BCUT2D eigenvalue weighted by molar-refractivity contribution is 6.04. The fourth-order valence-corrected chi connectivity index (χ4v) is 3.15. The first kappa shape index (κ1) is 17.3. The summed E-state index contributed by atoms with van der Waals surface area (Å²) in [6, 6.07) is 9.42. The molecule has 1 N–H and O–H groups in total. The van der Waals surface area contributed by atoms with E-state index in [0.29, 0.717) is 0 Å². The van der Waals surface area contributed by atoms with E-state index in [1.165, 1.54) is 6.42 Å². The number of carbonyl (C=O) groups excluding carboxylic acids is 1. The molecule has 0 saturated heterocycles. The van der Waals surface area contributed by atoms with Gasteiger partial charge in [-0.2, -0.15) is 0 Å². The molecule has 0 heterocycles. The van der Waals surface area contributed by atoms with Gasteiger partial charge in [-0.05, 0) is 25.7 Å². The summed E-state index contributed by atoms with van der Waals surface area (Å²) in [6.07, 6.45) is 16.2. The van der Waals surface area contributed by atoms with Crippen molar-refractivity contribution in [1.82, 2.24) is 5.32 Å². The van der Waals surface area contributed by atoms with Crippen LogP contribution in [0.3, 0.4) is 0 Å². The molecule has 1 aromatic carbocycles. The molecule has 1 fully saturated rings. The average molecular weight is 309 g/mol. The third-order valence-electron chi connectivity index (χ3n) is 4.55. The van der Waals surface area contributed by atoms with Crippen LogP contribution in [0, 0.1) is 12.3 Å². The maximum atomic E-state index is 12.5. The summed E-state index contributed by atoms with van der Waals surface area (Å²) in [4.78, 5) is 12.5. The molecule has 1 aromatic rings. The maximum Gasteiger partial charge on any atom is 0.187 e. The number of allylic oxidation sites excluding steroid dienone is 2. The van der Waals surface area contributed by atoms with Gasteiger partial charge in [0.2, 0.25) is 0 Å². The second kappa shape index (κ2) is 8.58. The number of unbranched alkanes of at least 4 members (excludes halogenated alkanes) is 1. The highest BCUT2D eigenvalue weighted by Gasteiger charge is 2.30. The van der Waals surface area contributed by atoms with Gasteiger partial charge in [0, 0.05) is 17.3 Å². The molecule has 1 saturated carbocycles. The number of hydrogen-bond acceptors (Lipinski definition) is 2. The summed E-state index contributed by atoms with van der Waals surface area (Å²) in [7, 11) is 0. The van der Waals surface area contributed by atoms with Crippen LogP contribution in [0.4, 0.5) is 0 Å². The van der Waals surface area contributed by atoms with Gasteiger partial charge in [-0.25, -0.2) is 0 Å². The van der Waals surface area contributed by atoms with E-state index < -0.39 is 0 Å². The van der Waals surface area contributed by atoms with Crippen LogP contribution >= 0.6 is 0 Å². The van der Waals surface area contributed by atoms with E-state index >= 15 is 0 Å². The molecule has 0 atom stereocenters. The molecule has 0 radical (unpaired) electrons. The Morgan fingerprint density at radius 1 is 1.26 bits per heavy atom. The second-order valence-corrected chi connectivity index (χ2v) is 6.42. The van der Waals surface area contributed by atoms with Gasteiger partial charge in [-0.15, -0.1) is 6.42 Å². The topological polar surface area (TPSA) is 29.1 Å². The van der Waals surface area contributed by atoms with Crippen molar-refractivity contribution < 1.29 is 4.79 Å². The largest absolute Gasteiger partial charge is 0.372 e. The lowest BCUT2D eigenvalue weighted by Crippen LogP contribution is -2.45. The van der Waals surface area contributed by atoms with Gasteiger partial charge in [0.25, 0.3) is 0 Å². The Hall–Kier alpha value is -2.01. The Kier molecular flexibility index (Phi) is 6.47. The molecular weight excluding hydrogens is 282 g/mol. The quantitative estimate of drug-likeness (QED) is 0.442. The van der Waals surface area contributed by atoms with Gasteiger partial charge in [-0.3, -0.25) is 4.79 Å². The monoisotopic (exact) mass is 309 g/mol. The molecule has 0 spiro atoms. The second-order valence-electron chi connectivity index (χ2n) is 6.42. The van der Waals surface area contributed by atoms with Crippen LogP contribution in [0.15, 0.2) is 42.1 Å². The minimum absolute atomic E-state index is 0.0483. The van der Waals surface area contributed by atoms with E-state index in [1.54, 1.807) is 6.08 Å². The molecule has 2 rings (SSSR count). The van der Waals surface area contributed by atoms with Crippen LogP contribution in [0.1, 0.15) is 68.6 Å². The average Bonchev–Trinajstić information content (AvgIpc) is 2.61. The normalized spacial score (nSPS) is 17.3. The van der Waals surface area contributed by atoms with Gasteiger partial charge in [0.05, 0.1) is 5.54 Å². The van der Waals surface area contributed by atoms with Crippen molar-refractivity contribution in [2.45, 2.75) is 63.8 Å². The first-order valence-corrected chi connectivity index (χ1v) is 8.75. The summed E-state index contributed by atoms with van der Waals surface area (Å²) >= 11 is 0. The van der Waals surface area contributed by atoms with Gasteiger partial charge >= 0.3 is 0 Å². The summed E-state index contributed by atoms with van der Waals surface area (Å²) in [6.45, 7) is 2.16. The number of rotatable bonds is 7. The van der Waals surface area contributed by atoms with Crippen LogP contribution in [-0.4, -0.2) is 11.3 Å². The number of ketones is 1. The number of hydrogen-bond donors (Lipinski definition) is 1. The third kappa shape index (κ3) is 4.99. The lowest BCUT2D eigenvalue weighted by molar-refractivity contribution is 0.104. The Bertz CT molecular complexity index is 574. The van der Waals surface area contributed by atoms with E-state index in [1.807, 2.05) is 30.3 Å². The van der Waals surface area contributed by atoms with Crippen molar-refractivity contribution >= 4 is 5.78 Å². The molecule has 1 aliphatic carbocycles. The minimum Gasteiger partial charge on any atom is -0.372 e. The molecule has 0 bridgehead atoms. The van der Waals surface area contributed by atoms with E-state index in [-0.39, 0.29) is 11.3 Å². The minimum atomic E-state index is -0.269. The third-order valence-corrected chi connectivity index (χ3v) is 4.55. The highest BCUT2D eigenvalue weighted by atomic mass is 16.1. The van der Waals surface area contributed by atoms with Gasteiger partial charge < -0.3 is 5.32 Å². The van der Waals surface area contributed by atoms with Crippen LogP contribution in [-0.2, 0) is 0 Å². The number of nitrogens with one attached hydrogen (secondary N) is 1. The zero-order valence-electron chi connectivity index (χ0n) is 14.1. The summed E-state index contributed by atoms with van der Waals surface area (Å²) < 4.78 is 0. The predicted molar refractivity (Wildman–Crippen MR) is 96.2 cm³/mol. The standard InChI is InChI=1S/C21H27NO/c1-3-5-14-19(17-20(23)18-12-8-6-9-13-18)22-21(4-2)15-10-7-11-16-21/h2,6,8-9,12-13,17,22H,3,5,7,10-11,14-16H2,1H3/b19-17-. The SMILES string of the molecule is C#CC1(N/C(=C\C(=O)c2ccccc2)CCCC)CCCCC1. The predicted octanol–water partition coefficient (Wildman–Crippen LogP) is 4.87. The first-order chi connectivity index (χ1) is 11.2. The zero-order valence-corrected chi connectivity index (χ0v) is 14.1. The van der Waals surface area contributed by atoms with Crippen molar-refractivity contribution in [1.29, 1.82) is 0 Å². The first-order valence-electron chi connectivity index (χ1n) is 8.75. The van der Waals surface area contributed by atoms with Crippen LogP contribution in [0.5, 0.6) is 0 Å². The molecule has 2 nitrogen and oxygen atoms in total. The van der Waals surface area contributed by atoms with E-state index in [9.17, 15) is 4.79 Å². The van der Waals surface area contributed by atoms with Crippen LogP contribution < -0.4 is 5.32 Å². The Balaban J connectivity index is 2.17. The number of benzene rings is 1. The Labute approximate surface area is 140 Å². The van der Waals surface area contributed by atoms with E-state index in [2.05, 4.69) is 18.2 Å². The molecular formula is C21H27NO. The molecule has 1 aliphatic rings. The fraction of sp³-hybridized carbons (Fsp3) is 0.476. The summed E-state index contributed by atoms with van der Waals surface area (Å²) in [5.41, 5.74) is 1.44. The van der Waals surface area contributed by atoms with Crippen molar-refractivity contribution in [3.63, 3.8) is 0 Å². The van der Waals surface area contributed by atoms with Crippen LogP contribution in [0.2, 0.25) is 0 Å². The van der Waals surface area contributed by atoms with Crippen molar-refractivity contribution in [3.8, 4) is 12.3 Å². The smallest absolute Gasteiger partial charge is 0.187 e.